The van der Waals surface area contributed by atoms with Crippen LogP contribution in [0, 0.1) is 0 Å². The molecule has 2 aromatic carbocycles. The maximum atomic E-state index is 2.65. The van der Waals surface area contributed by atoms with E-state index in [9.17, 15) is 0 Å². The largest absolute Gasteiger partial charge is 1.00 e. The molecule has 2 unspecified atom stereocenters. The molecule has 0 radical (unpaired) electrons. The van der Waals surface area contributed by atoms with E-state index >= 15 is 0 Å². The van der Waals surface area contributed by atoms with Gasteiger partial charge < -0.3 is 24.8 Å². The van der Waals surface area contributed by atoms with E-state index in [4.69, 9.17) is 0 Å². The molecule has 0 amide bonds. The van der Waals surface area contributed by atoms with Gasteiger partial charge in [-0.1, -0.05) is 0 Å². The molecule has 186 valence electrons. The van der Waals surface area contributed by atoms with Crippen molar-refractivity contribution in [1.82, 2.24) is 0 Å². The fourth-order valence-corrected chi connectivity index (χ4v) is 11.9. The Bertz CT molecular complexity index is 1080. The minimum Gasteiger partial charge on any atom is -1.00 e. The van der Waals surface area contributed by atoms with Crippen LogP contribution in [0.3, 0.4) is 0 Å². The first kappa shape index (κ1) is 28.9. The topological polar surface area (TPSA) is 0 Å². The van der Waals surface area contributed by atoms with E-state index < -0.39 is 23.2 Å². The third-order valence-corrected chi connectivity index (χ3v) is 13.1. The van der Waals surface area contributed by atoms with Gasteiger partial charge in [0.1, 0.15) is 0 Å². The van der Waals surface area contributed by atoms with Crippen LogP contribution in [0.5, 0.6) is 0 Å². The molecular formula is C32H40Cl2Zr. The molecule has 1 fully saturated rings. The van der Waals surface area contributed by atoms with Crippen molar-refractivity contribution in [3.05, 3.63) is 79.9 Å². The van der Waals surface area contributed by atoms with Crippen molar-refractivity contribution in [2.45, 2.75) is 99.2 Å². The van der Waals surface area contributed by atoms with Gasteiger partial charge >= 0.3 is 214 Å². The van der Waals surface area contributed by atoms with Gasteiger partial charge in [-0.05, 0) is 0 Å². The average molecular weight is 587 g/mol. The first-order valence-corrected chi connectivity index (χ1v) is 16.0. The first-order valence-electron chi connectivity index (χ1n) is 13.2. The molecule has 0 aromatic heterocycles. The quantitative estimate of drug-likeness (QED) is 0.514. The minimum absolute atomic E-state index is 0. The van der Waals surface area contributed by atoms with Crippen LogP contribution in [0.4, 0.5) is 0 Å². The van der Waals surface area contributed by atoms with Gasteiger partial charge in [0, 0.05) is 0 Å². The number of rotatable bonds is 4. The molecule has 3 aliphatic rings. The van der Waals surface area contributed by atoms with Crippen molar-refractivity contribution in [2.24, 2.45) is 0 Å². The Hall–Kier alpha value is -0.617. The summed E-state index contributed by atoms with van der Waals surface area (Å²) < 4.78 is 1.51. The van der Waals surface area contributed by atoms with E-state index in [1.165, 1.54) is 12.8 Å². The second-order valence-electron chi connectivity index (χ2n) is 11.7. The summed E-state index contributed by atoms with van der Waals surface area (Å²) in [4.78, 5) is 0. The Morgan fingerprint density at radius 2 is 0.857 bits per heavy atom. The summed E-state index contributed by atoms with van der Waals surface area (Å²) in [6.07, 6.45) is 7.83. The second-order valence-corrected chi connectivity index (χ2v) is 15.4. The van der Waals surface area contributed by atoms with Crippen LogP contribution in [0.25, 0.3) is 12.2 Å². The predicted molar refractivity (Wildman–Crippen MR) is 140 cm³/mol. The number of hydrogen-bond acceptors (Lipinski definition) is 0. The standard InChI is InChI=1S/C32H40.2ClH.Zr/c1-19(2)25-11-12-26(20(3)4)30-16-23(15-29(25)30)9-10-24-17-31-27(21(5)6)13-14-28(22(7)8)32(31)18-24;;;/h11-22H,9-10H2,1-8H3;2*1H;/q;;;+2/p-2. The van der Waals surface area contributed by atoms with E-state index in [2.05, 4.69) is 91.8 Å². The molecule has 1 saturated heterocycles. The fraction of sp³-hybridized carbons (Fsp3) is 0.500. The molecule has 2 aromatic rings. The smallest absolute Gasteiger partial charge is 1.00 e. The zero-order valence-corrected chi connectivity index (χ0v) is 26.6. The summed E-state index contributed by atoms with van der Waals surface area (Å²) in [6.45, 7) is 19.1. The number of allylic oxidation sites excluding steroid dienone is 2. The summed E-state index contributed by atoms with van der Waals surface area (Å²) in [6, 6.07) is 9.84. The normalized spacial score (nSPS) is 19.5. The average Bonchev–Trinajstić information content (AvgIpc) is 3.24. The zero-order chi connectivity index (χ0) is 23.6. The van der Waals surface area contributed by atoms with Gasteiger partial charge in [0.2, 0.25) is 0 Å². The third kappa shape index (κ3) is 4.84. The predicted octanol–water partition coefficient (Wildman–Crippen LogP) is 3.64. The molecule has 3 heteroatoms. The summed E-state index contributed by atoms with van der Waals surface area (Å²) >= 11 is -0.782. The maximum Gasteiger partial charge on any atom is -1.00 e. The molecular weight excluding hydrogens is 546 g/mol. The summed E-state index contributed by atoms with van der Waals surface area (Å²) in [7, 11) is 0. The second kappa shape index (κ2) is 11.0. The van der Waals surface area contributed by atoms with Crippen LogP contribution >= 0.6 is 0 Å². The Balaban J connectivity index is 0.00000171. The molecule has 1 heterocycles. The summed E-state index contributed by atoms with van der Waals surface area (Å²) in [5, 5.41) is 0. The SMILES string of the molecule is CC(C)c1ccc(C(C)C)c2c1C=C1CCC3=Cc4c(C(C)C)ccc(C(C)C)c4[CH]3[Zr+2][CH]12.[Cl-].[Cl-]. The Labute approximate surface area is 237 Å². The summed E-state index contributed by atoms with van der Waals surface area (Å²) in [5.41, 5.74) is 16.7. The number of benzene rings is 2. The van der Waals surface area contributed by atoms with Crippen LogP contribution in [0.2, 0.25) is 0 Å². The molecule has 0 nitrogen and oxygen atoms in total. The molecule has 1 aliphatic heterocycles. The fourth-order valence-electron chi connectivity index (χ4n) is 6.50. The van der Waals surface area contributed by atoms with Crippen LogP contribution in [-0.2, 0) is 23.2 Å². The molecule has 2 aliphatic carbocycles. The van der Waals surface area contributed by atoms with Gasteiger partial charge in [-0.3, -0.25) is 0 Å². The van der Waals surface area contributed by atoms with Crippen LogP contribution in [0.15, 0.2) is 35.4 Å². The van der Waals surface area contributed by atoms with E-state index in [0.717, 1.165) is 7.25 Å². The third-order valence-electron chi connectivity index (χ3n) is 8.21. The van der Waals surface area contributed by atoms with E-state index in [1.54, 1.807) is 55.7 Å². The van der Waals surface area contributed by atoms with Crippen molar-refractivity contribution in [3.8, 4) is 0 Å². The first-order chi connectivity index (χ1) is 15.7. The summed E-state index contributed by atoms with van der Waals surface area (Å²) in [5.74, 6) is 2.38. The number of hydrogen-bond donors (Lipinski definition) is 0. The van der Waals surface area contributed by atoms with Crippen LogP contribution < -0.4 is 24.8 Å². The zero-order valence-electron chi connectivity index (χ0n) is 22.6. The molecule has 2 atom stereocenters. The van der Waals surface area contributed by atoms with E-state index in [0.29, 0.717) is 23.7 Å². The maximum absolute atomic E-state index is 2.65. The van der Waals surface area contributed by atoms with Crippen molar-refractivity contribution < 1.29 is 48.0 Å². The number of fused-ring (bicyclic) bond motifs is 6. The monoisotopic (exact) mass is 584 g/mol. The van der Waals surface area contributed by atoms with Gasteiger partial charge in [-0.15, -0.1) is 0 Å². The van der Waals surface area contributed by atoms with Crippen molar-refractivity contribution in [2.75, 3.05) is 0 Å². The molecule has 0 saturated carbocycles. The molecule has 0 bridgehead atoms. The van der Waals surface area contributed by atoms with Crippen molar-refractivity contribution >= 4 is 12.2 Å². The Kier molecular flexibility index (Phi) is 9.11. The molecule has 0 spiro atoms. The van der Waals surface area contributed by atoms with Gasteiger partial charge in [0.05, 0.1) is 0 Å². The van der Waals surface area contributed by atoms with Crippen LogP contribution in [0.1, 0.15) is 144 Å². The molecule has 5 rings (SSSR count). The van der Waals surface area contributed by atoms with E-state index in [-0.39, 0.29) is 24.8 Å². The molecule has 35 heavy (non-hydrogen) atoms. The molecule has 0 N–H and O–H groups in total. The van der Waals surface area contributed by atoms with E-state index in [1.807, 2.05) is 0 Å². The number of halogens is 2. The Morgan fingerprint density at radius 1 is 0.543 bits per heavy atom. The Morgan fingerprint density at radius 3 is 1.17 bits per heavy atom. The van der Waals surface area contributed by atoms with Crippen molar-refractivity contribution in [1.29, 1.82) is 0 Å². The van der Waals surface area contributed by atoms with Crippen molar-refractivity contribution in [3.63, 3.8) is 0 Å². The van der Waals surface area contributed by atoms with Gasteiger partial charge in [0.25, 0.3) is 0 Å². The van der Waals surface area contributed by atoms with Gasteiger partial charge in [-0.2, -0.15) is 0 Å². The van der Waals surface area contributed by atoms with Crippen LogP contribution in [-0.4, -0.2) is 0 Å². The van der Waals surface area contributed by atoms with Gasteiger partial charge in [-0.25, -0.2) is 0 Å². The minimum atomic E-state index is -0.782. The van der Waals surface area contributed by atoms with Gasteiger partial charge in [0.15, 0.2) is 0 Å².